The number of hydrogen-bond donors (Lipinski definition) is 1. The summed E-state index contributed by atoms with van der Waals surface area (Å²) in [6.45, 7) is 3.12. The lowest BCUT2D eigenvalue weighted by Crippen LogP contribution is -2.32. The third-order valence-electron chi connectivity index (χ3n) is 2.15. The van der Waals surface area contributed by atoms with Gasteiger partial charge in [-0.25, -0.2) is 8.78 Å². The van der Waals surface area contributed by atoms with Crippen molar-refractivity contribution in [2.45, 2.75) is 25.3 Å². The molecule has 16 heavy (non-hydrogen) atoms. The SMILES string of the molecule is C[C@@H](Cl)C(=O)N[C@H](C)c1ccc(F)cc1F. The van der Waals surface area contributed by atoms with Crippen LogP contribution in [0.15, 0.2) is 18.2 Å². The molecule has 1 aromatic rings. The van der Waals surface area contributed by atoms with E-state index in [1.807, 2.05) is 0 Å². The van der Waals surface area contributed by atoms with Gasteiger partial charge in [-0.3, -0.25) is 4.79 Å². The standard InChI is InChI=1S/C11H12ClF2NO/c1-6(12)11(16)15-7(2)9-4-3-8(13)5-10(9)14/h3-7H,1-2H3,(H,15,16)/t6-,7-/m1/s1. The number of carbonyl (C=O) groups excluding carboxylic acids is 1. The maximum absolute atomic E-state index is 13.3. The topological polar surface area (TPSA) is 29.1 Å². The van der Waals surface area contributed by atoms with Crippen molar-refractivity contribution < 1.29 is 13.6 Å². The predicted molar refractivity (Wildman–Crippen MR) is 58.2 cm³/mol. The number of rotatable bonds is 3. The fourth-order valence-electron chi connectivity index (χ4n) is 1.26. The van der Waals surface area contributed by atoms with Gasteiger partial charge in [0.2, 0.25) is 5.91 Å². The Morgan fingerprint density at radius 1 is 1.38 bits per heavy atom. The molecule has 2 nitrogen and oxygen atoms in total. The number of alkyl halides is 1. The second-order valence-electron chi connectivity index (χ2n) is 3.51. The minimum Gasteiger partial charge on any atom is -0.348 e. The van der Waals surface area contributed by atoms with E-state index < -0.39 is 29.0 Å². The lowest BCUT2D eigenvalue weighted by Gasteiger charge is -2.15. The molecule has 0 aliphatic heterocycles. The second kappa shape index (κ2) is 5.25. The highest BCUT2D eigenvalue weighted by Crippen LogP contribution is 2.17. The maximum atomic E-state index is 13.3. The number of nitrogens with one attached hydrogen (secondary N) is 1. The van der Waals surface area contributed by atoms with E-state index in [9.17, 15) is 13.6 Å². The summed E-state index contributed by atoms with van der Waals surface area (Å²) >= 11 is 5.56. The highest BCUT2D eigenvalue weighted by molar-refractivity contribution is 6.30. The van der Waals surface area contributed by atoms with Crippen LogP contribution < -0.4 is 5.32 Å². The first-order chi connectivity index (χ1) is 7.41. The highest BCUT2D eigenvalue weighted by Gasteiger charge is 2.16. The molecule has 88 valence electrons. The molecule has 0 radical (unpaired) electrons. The third-order valence-corrected chi connectivity index (χ3v) is 2.35. The van der Waals surface area contributed by atoms with Crippen LogP contribution in [-0.4, -0.2) is 11.3 Å². The van der Waals surface area contributed by atoms with Gasteiger partial charge in [0, 0.05) is 11.6 Å². The fraction of sp³-hybridized carbons (Fsp3) is 0.364. The van der Waals surface area contributed by atoms with Gasteiger partial charge in [0.15, 0.2) is 0 Å². The van der Waals surface area contributed by atoms with Crippen LogP contribution in [0, 0.1) is 11.6 Å². The summed E-state index contributed by atoms with van der Waals surface area (Å²) in [5.41, 5.74) is 0.229. The van der Waals surface area contributed by atoms with Gasteiger partial charge in [-0.2, -0.15) is 0 Å². The molecule has 5 heteroatoms. The summed E-state index contributed by atoms with van der Waals surface area (Å²) in [5, 5.41) is 1.83. The van der Waals surface area contributed by atoms with Gasteiger partial charge in [0.1, 0.15) is 17.0 Å². The summed E-state index contributed by atoms with van der Waals surface area (Å²) in [6, 6.07) is 2.68. The predicted octanol–water partition coefficient (Wildman–Crippen LogP) is 2.77. The van der Waals surface area contributed by atoms with E-state index in [2.05, 4.69) is 5.32 Å². The van der Waals surface area contributed by atoms with Gasteiger partial charge in [-0.1, -0.05) is 6.07 Å². The maximum Gasteiger partial charge on any atom is 0.238 e. The molecule has 0 saturated carbocycles. The first-order valence-electron chi connectivity index (χ1n) is 4.81. The first kappa shape index (κ1) is 12.9. The smallest absolute Gasteiger partial charge is 0.238 e. The van der Waals surface area contributed by atoms with Crippen LogP contribution in [-0.2, 0) is 4.79 Å². The van der Waals surface area contributed by atoms with Gasteiger partial charge in [0.25, 0.3) is 0 Å². The van der Waals surface area contributed by atoms with Crippen molar-refractivity contribution in [1.29, 1.82) is 0 Å². The van der Waals surface area contributed by atoms with Crippen molar-refractivity contribution in [2.24, 2.45) is 0 Å². The van der Waals surface area contributed by atoms with Crippen LogP contribution in [0.4, 0.5) is 8.78 Å². The molecule has 0 bridgehead atoms. The average Bonchev–Trinajstić information content (AvgIpc) is 2.16. The van der Waals surface area contributed by atoms with Crippen LogP contribution in [0.25, 0.3) is 0 Å². The Labute approximate surface area is 97.6 Å². The molecule has 0 aliphatic carbocycles. The van der Waals surface area contributed by atoms with E-state index in [1.54, 1.807) is 6.92 Å². The monoisotopic (exact) mass is 247 g/mol. The molecule has 1 N–H and O–H groups in total. The zero-order chi connectivity index (χ0) is 12.3. The first-order valence-corrected chi connectivity index (χ1v) is 5.25. The molecule has 1 rings (SSSR count). The van der Waals surface area contributed by atoms with Crippen molar-refractivity contribution in [3.63, 3.8) is 0 Å². The van der Waals surface area contributed by atoms with Crippen LogP contribution in [0.1, 0.15) is 25.5 Å². The van der Waals surface area contributed by atoms with Gasteiger partial charge in [-0.05, 0) is 19.9 Å². The number of carbonyl (C=O) groups is 1. The Bertz CT molecular complexity index is 396. The van der Waals surface area contributed by atoms with Crippen molar-refractivity contribution in [1.82, 2.24) is 5.32 Å². The van der Waals surface area contributed by atoms with Gasteiger partial charge in [0.05, 0.1) is 6.04 Å². The van der Waals surface area contributed by atoms with Crippen LogP contribution >= 0.6 is 11.6 Å². The second-order valence-corrected chi connectivity index (χ2v) is 4.17. The third kappa shape index (κ3) is 3.17. The minimum atomic E-state index is -0.689. The van der Waals surface area contributed by atoms with E-state index in [1.165, 1.54) is 13.0 Å². The Morgan fingerprint density at radius 3 is 2.50 bits per heavy atom. The fourth-order valence-corrected chi connectivity index (χ4v) is 1.32. The molecule has 1 aromatic carbocycles. The quantitative estimate of drug-likeness (QED) is 0.818. The van der Waals surface area contributed by atoms with E-state index >= 15 is 0 Å². The van der Waals surface area contributed by atoms with Gasteiger partial charge < -0.3 is 5.32 Å². The van der Waals surface area contributed by atoms with Gasteiger partial charge in [-0.15, -0.1) is 11.6 Å². The van der Waals surface area contributed by atoms with Crippen LogP contribution in [0.2, 0.25) is 0 Å². The van der Waals surface area contributed by atoms with E-state index in [4.69, 9.17) is 11.6 Å². The zero-order valence-electron chi connectivity index (χ0n) is 8.93. The van der Waals surface area contributed by atoms with Crippen molar-refractivity contribution in [3.05, 3.63) is 35.4 Å². The Morgan fingerprint density at radius 2 is 2.00 bits per heavy atom. The molecule has 0 aromatic heterocycles. The molecule has 2 atom stereocenters. The summed E-state index contributed by atoms with van der Waals surface area (Å²) < 4.78 is 26.0. The number of benzene rings is 1. The Hall–Kier alpha value is -1.16. The number of halogens is 3. The van der Waals surface area contributed by atoms with E-state index in [0.717, 1.165) is 12.1 Å². The van der Waals surface area contributed by atoms with Crippen molar-refractivity contribution >= 4 is 17.5 Å². The minimum absolute atomic E-state index is 0.229. The normalized spacial score (nSPS) is 14.3. The van der Waals surface area contributed by atoms with E-state index in [0.29, 0.717) is 0 Å². The van der Waals surface area contributed by atoms with Crippen LogP contribution in [0.5, 0.6) is 0 Å². The molecule has 0 spiro atoms. The van der Waals surface area contributed by atoms with Crippen molar-refractivity contribution in [3.8, 4) is 0 Å². The molecule has 0 heterocycles. The molecule has 0 aliphatic rings. The lowest BCUT2D eigenvalue weighted by molar-refractivity contribution is -0.121. The zero-order valence-corrected chi connectivity index (χ0v) is 9.68. The van der Waals surface area contributed by atoms with Crippen LogP contribution in [0.3, 0.4) is 0 Å². The highest BCUT2D eigenvalue weighted by atomic mass is 35.5. The Balaban J connectivity index is 2.80. The molecule has 0 saturated heterocycles. The molecule has 0 unspecified atom stereocenters. The van der Waals surface area contributed by atoms with E-state index in [-0.39, 0.29) is 5.56 Å². The largest absolute Gasteiger partial charge is 0.348 e. The number of hydrogen-bond acceptors (Lipinski definition) is 1. The Kier molecular flexibility index (Phi) is 4.24. The number of amides is 1. The van der Waals surface area contributed by atoms with Gasteiger partial charge >= 0.3 is 0 Å². The molecule has 0 fully saturated rings. The molecular weight excluding hydrogens is 236 g/mol. The summed E-state index contributed by atoms with van der Waals surface area (Å²) in [4.78, 5) is 11.3. The summed E-state index contributed by atoms with van der Waals surface area (Å²) in [5.74, 6) is -1.72. The molecular formula is C11H12ClF2NO. The average molecular weight is 248 g/mol. The molecule has 1 amide bonds. The summed E-state index contributed by atoms with van der Waals surface area (Å²) in [6.07, 6.45) is 0. The summed E-state index contributed by atoms with van der Waals surface area (Å²) in [7, 11) is 0. The van der Waals surface area contributed by atoms with Crippen molar-refractivity contribution in [2.75, 3.05) is 0 Å². The lowest BCUT2D eigenvalue weighted by atomic mass is 10.1.